The van der Waals surface area contributed by atoms with E-state index < -0.39 is 0 Å². The molecule has 2 rings (SSSR count). The summed E-state index contributed by atoms with van der Waals surface area (Å²) in [4.78, 5) is 4.74. The Morgan fingerprint density at radius 2 is 1.75 bits per heavy atom. The van der Waals surface area contributed by atoms with Gasteiger partial charge in [-0.3, -0.25) is 0 Å². The average Bonchev–Trinajstić information content (AvgIpc) is 2.32. The summed E-state index contributed by atoms with van der Waals surface area (Å²) in [5.41, 5.74) is 1.26. The third kappa shape index (κ3) is 2.80. The van der Waals surface area contributed by atoms with E-state index in [9.17, 15) is 0 Å². The maximum Gasteiger partial charge on any atom is 0.162 e. The van der Waals surface area contributed by atoms with Crippen LogP contribution in [0.3, 0.4) is 0 Å². The Hall–Kier alpha value is -0.930. The molecule has 16 heavy (non-hydrogen) atoms. The zero-order valence-electron chi connectivity index (χ0n) is 9.53. The first-order chi connectivity index (χ1) is 7.79. The van der Waals surface area contributed by atoms with Gasteiger partial charge >= 0.3 is 0 Å². The third-order valence-electron chi connectivity index (χ3n) is 2.93. The van der Waals surface area contributed by atoms with E-state index in [4.69, 9.17) is 16.3 Å². The topological polar surface area (TPSA) is 15.7 Å². The Balaban J connectivity index is 1.98. The molecule has 0 saturated carbocycles. The molecule has 0 bridgehead atoms. The molecule has 88 valence electrons. The highest BCUT2D eigenvalue weighted by Gasteiger charge is 2.13. The minimum absolute atomic E-state index is 0.202. The summed E-state index contributed by atoms with van der Waals surface area (Å²) in [7, 11) is 2.16. The van der Waals surface area contributed by atoms with Gasteiger partial charge in [-0.15, -0.1) is 0 Å². The smallest absolute Gasteiger partial charge is 0.162 e. The zero-order valence-corrected chi connectivity index (χ0v) is 10.3. The van der Waals surface area contributed by atoms with Gasteiger partial charge in [-0.05, 0) is 31.3 Å². The number of hydrogen-bond acceptors (Lipinski definition) is 3. The fraction of sp³-hybridized carbons (Fsp3) is 0.500. The van der Waals surface area contributed by atoms with Crippen LogP contribution in [0.25, 0.3) is 0 Å². The number of piperazine rings is 1. The van der Waals surface area contributed by atoms with Crippen LogP contribution in [-0.2, 0) is 0 Å². The van der Waals surface area contributed by atoms with Crippen molar-refractivity contribution in [2.45, 2.75) is 0 Å². The lowest BCUT2D eigenvalue weighted by Crippen LogP contribution is -2.44. The highest BCUT2D eigenvalue weighted by molar-refractivity contribution is 6.17. The molecule has 0 aliphatic carbocycles. The molecule has 0 amide bonds. The van der Waals surface area contributed by atoms with Crippen molar-refractivity contribution in [3.63, 3.8) is 0 Å². The van der Waals surface area contributed by atoms with E-state index in [1.165, 1.54) is 5.69 Å². The molecule has 0 N–H and O–H groups in total. The van der Waals surface area contributed by atoms with Gasteiger partial charge in [0.15, 0.2) is 6.07 Å². The fourth-order valence-corrected chi connectivity index (χ4v) is 2.01. The Morgan fingerprint density at radius 3 is 2.31 bits per heavy atom. The van der Waals surface area contributed by atoms with E-state index in [0.717, 1.165) is 31.9 Å². The number of ether oxygens (including phenoxy) is 1. The first kappa shape index (κ1) is 11.6. The second kappa shape index (κ2) is 5.41. The number of hydrogen-bond donors (Lipinski definition) is 0. The average molecular weight is 241 g/mol. The molecular weight excluding hydrogens is 224 g/mol. The largest absolute Gasteiger partial charge is 0.478 e. The first-order valence-corrected chi connectivity index (χ1v) is 6.05. The Bertz CT molecular complexity index is 320. The molecule has 3 nitrogen and oxygen atoms in total. The van der Waals surface area contributed by atoms with Crippen molar-refractivity contribution in [1.29, 1.82) is 0 Å². The van der Waals surface area contributed by atoms with E-state index in [1.807, 2.05) is 12.1 Å². The summed E-state index contributed by atoms with van der Waals surface area (Å²) in [6.45, 7) is 4.43. The number of likely N-dealkylation sites (N-methyl/N-ethyl adjacent to an activating group) is 1. The summed E-state index contributed by atoms with van der Waals surface area (Å²) < 4.78 is 5.20. The quantitative estimate of drug-likeness (QED) is 0.752. The molecule has 1 heterocycles. The van der Waals surface area contributed by atoms with Crippen molar-refractivity contribution in [1.82, 2.24) is 4.90 Å². The van der Waals surface area contributed by atoms with Crippen LogP contribution in [0.4, 0.5) is 5.69 Å². The van der Waals surface area contributed by atoms with Crippen LogP contribution in [0.1, 0.15) is 0 Å². The number of nitrogens with zero attached hydrogens (tertiary/aromatic N) is 2. The molecule has 4 heteroatoms. The zero-order chi connectivity index (χ0) is 11.4. The summed E-state index contributed by atoms with van der Waals surface area (Å²) in [6, 6.07) is 8.32. The van der Waals surface area contributed by atoms with Crippen molar-refractivity contribution < 1.29 is 4.74 Å². The van der Waals surface area contributed by atoms with E-state index in [-0.39, 0.29) is 6.07 Å². The van der Waals surface area contributed by atoms with Crippen LogP contribution in [0.5, 0.6) is 5.75 Å². The molecule has 1 aliphatic heterocycles. The van der Waals surface area contributed by atoms with E-state index >= 15 is 0 Å². The number of alkyl halides is 1. The lowest BCUT2D eigenvalue weighted by molar-refractivity contribution is 0.313. The Morgan fingerprint density at radius 1 is 1.12 bits per heavy atom. The van der Waals surface area contributed by atoms with Gasteiger partial charge in [-0.2, -0.15) is 0 Å². The highest BCUT2D eigenvalue weighted by Crippen LogP contribution is 2.20. The number of rotatable bonds is 3. The van der Waals surface area contributed by atoms with Gasteiger partial charge in [0.2, 0.25) is 0 Å². The van der Waals surface area contributed by atoms with E-state index in [1.54, 1.807) is 0 Å². The maximum atomic E-state index is 5.50. The maximum absolute atomic E-state index is 5.50. The van der Waals surface area contributed by atoms with Gasteiger partial charge in [0.05, 0.1) is 0 Å². The second-order valence-electron chi connectivity index (χ2n) is 4.04. The fourth-order valence-electron chi connectivity index (χ4n) is 1.88. The predicted octanol–water partition coefficient (Wildman–Crippen LogP) is 2.01. The van der Waals surface area contributed by atoms with Gasteiger partial charge < -0.3 is 14.5 Å². The molecule has 0 radical (unpaired) electrons. The Kier molecular flexibility index (Phi) is 3.91. The van der Waals surface area contributed by atoms with E-state index in [0.29, 0.717) is 0 Å². The van der Waals surface area contributed by atoms with Crippen molar-refractivity contribution >= 4 is 17.3 Å². The molecule has 1 aromatic carbocycles. The van der Waals surface area contributed by atoms with Crippen molar-refractivity contribution in [2.24, 2.45) is 0 Å². The van der Waals surface area contributed by atoms with Gasteiger partial charge in [-0.1, -0.05) is 11.6 Å². The Labute approximate surface area is 102 Å². The van der Waals surface area contributed by atoms with Crippen LogP contribution in [0.2, 0.25) is 0 Å². The van der Waals surface area contributed by atoms with Gasteiger partial charge in [-0.25, -0.2) is 0 Å². The minimum atomic E-state index is 0.202. The van der Waals surface area contributed by atoms with Gasteiger partial charge in [0.25, 0.3) is 0 Å². The standard InChI is InChI=1S/C12H17ClN2O/c1-14-6-8-15(9-7-14)11-2-4-12(5-3-11)16-10-13/h2-5H,6-10H2,1H3. The summed E-state index contributed by atoms with van der Waals surface area (Å²) >= 11 is 5.50. The van der Waals surface area contributed by atoms with Crippen LogP contribution in [0.15, 0.2) is 24.3 Å². The SMILES string of the molecule is CN1CCN(c2ccc(OCCl)cc2)CC1. The molecular formula is C12H17ClN2O. The van der Waals surface area contributed by atoms with E-state index in [2.05, 4.69) is 29.0 Å². The number of halogens is 1. The van der Waals surface area contributed by atoms with Crippen LogP contribution >= 0.6 is 11.6 Å². The van der Waals surface area contributed by atoms with Gasteiger partial charge in [0.1, 0.15) is 5.75 Å². The first-order valence-electron chi connectivity index (χ1n) is 5.52. The molecule has 1 aliphatic rings. The monoisotopic (exact) mass is 240 g/mol. The van der Waals surface area contributed by atoms with Crippen LogP contribution < -0.4 is 9.64 Å². The second-order valence-corrected chi connectivity index (χ2v) is 4.26. The van der Waals surface area contributed by atoms with Crippen LogP contribution in [0, 0.1) is 0 Å². The number of benzene rings is 1. The molecule has 0 spiro atoms. The van der Waals surface area contributed by atoms with Crippen molar-refractivity contribution in [2.75, 3.05) is 44.2 Å². The van der Waals surface area contributed by atoms with Crippen molar-refractivity contribution in [3.05, 3.63) is 24.3 Å². The molecule has 1 aromatic rings. The normalized spacial score (nSPS) is 17.5. The molecule has 0 unspecified atom stereocenters. The van der Waals surface area contributed by atoms with Crippen molar-refractivity contribution in [3.8, 4) is 5.75 Å². The predicted molar refractivity (Wildman–Crippen MR) is 67.5 cm³/mol. The summed E-state index contributed by atoms with van der Waals surface area (Å²) in [6.07, 6.45) is 0. The molecule has 0 aromatic heterocycles. The van der Waals surface area contributed by atoms with Crippen LogP contribution in [-0.4, -0.2) is 44.2 Å². The van der Waals surface area contributed by atoms with Gasteiger partial charge in [0, 0.05) is 31.9 Å². The summed E-state index contributed by atoms with van der Waals surface area (Å²) in [5, 5.41) is 0. The lowest BCUT2D eigenvalue weighted by Gasteiger charge is -2.34. The summed E-state index contributed by atoms with van der Waals surface area (Å²) in [5.74, 6) is 0.827. The number of anilines is 1. The third-order valence-corrected chi connectivity index (χ3v) is 3.04. The molecule has 0 atom stereocenters. The molecule has 1 saturated heterocycles. The molecule has 1 fully saturated rings. The highest BCUT2D eigenvalue weighted by atomic mass is 35.5. The minimum Gasteiger partial charge on any atom is -0.478 e. The lowest BCUT2D eigenvalue weighted by atomic mass is 10.2.